The fourth-order valence-electron chi connectivity index (χ4n) is 6.23. The predicted molar refractivity (Wildman–Crippen MR) is 182 cm³/mol. The molecule has 1 unspecified atom stereocenters. The van der Waals surface area contributed by atoms with E-state index in [-0.39, 0.29) is 40.0 Å². The number of amides is 2. The molecule has 4 aromatic rings. The van der Waals surface area contributed by atoms with E-state index in [1.165, 1.54) is 0 Å². The van der Waals surface area contributed by atoms with Gasteiger partial charge in [0.05, 0.1) is 45.7 Å². The van der Waals surface area contributed by atoms with Crippen molar-refractivity contribution in [3.8, 4) is 11.1 Å². The lowest BCUT2D eigenvalue weighted by Gasteiger charge is -2.31. The first kappa shape index (κ1) is 33.6. The molecule has 2 aromatic heterocycles. The standard InChI is InChI=1S/C34H35Cl2N7O5/c35-30-22(4-1-6-24(30)39-32(45)26-10-9-20(18-38-26)17-37-12-15-44)23-5-2-7-25(31(23)36)40-33(46)27-16-29-28(8-3-13-43(29)41-27)42-14-11-21(19-42)34(47)48/h1-2,4-7,9-10,16,18,21,28,37,44H,3,8,11-15,17,19H2,(H,39,45)(H,40,46)(H,47,48)/t21-,28?/m1/s1. The Bertz CT molecular complexity index is 1830. The molecule has 0 aliphatic carbocycles. The molecule has 1 saturated heterocycles. The van der Waals surface area contributed by atoms with Gasteiger partial charge < -0.3 is 26.2 Å². The number of carbonyl (C=O) groups is 3. The Balaban J connectivity index is 1.16. The molecule has 2 atom stereocenters. The second-order valence-electron chi connectivity index (χ2n) is 11.8. The van der Waals surface area contributed by atoms with Crippen molar-refractivity contribution in [3.05, 3.63) is 93.5 Å². The highest BCUT2D eigenvalue weighted by Crippen LogP contribution is 2.41. The minimum Gasteiger partial charge on any atom is -0.481 e. The molecule has 0 bridgehead atoms. The molecule has 12 nitrogen and oxygen atoms in total. The average Bonchev–Trinajstić information content (AvgIpc) is 3.76. The number of aliphatic carboxylic acids is 1. The Morgan fingerprint density at radius 2 is 1.58 bits per heavy atom. The van der Waals surface area contributed by atoms with Crippen molar-refractivity contribution in [1.29, 1.82) is 0 Å². The van der Waals surface area contributed by atoms with Gasteiger partial charge in [-0.05, 0) is 55.6 Å². The van der Waals surface area contributed by atoms with Crippen molar-refractivity contribution in [3.63, 3.8) is 0 Å². The third-order valence-electron chi connectivity index (χ3n) is 8.70. The van der Waals surface area contributed by atoms with Gasteiger partial charge in [0.25, 0.3) is 11.8 Å². The zero-order valence-corrected chi connectivity index (χ0v) is 27.5. The Labute approximate surface area is 287 Å². The second kappa shape index (κ2) is 14.8. The third-order valence-corrected chi connectivity index (χ3v) is 9.52. The first-order valence-electron chi connectivity index (χ1n) is 15.7. The summed E-state index contributed by atoms with van der Waals surface area (Å²) in [6.45, 7) is 2.87. The highest BCUT2D eigenvalue weighted by atomic mass is 35.5. The number of rotatable bonds is 11. The van der Waals surface area contributed by atoms with Gasteiger partial charge in [0, 0.05) is 43.5 Å². The molecule has 4 heterocycles. The maximum atomic E-state index is 13.4. The van der Waals surface area contributed by atoms with E-state index in [4.69, 9.17) is 28.3 Å². The van der Waals surface area contributed by atoms with Crippen LogP contribution in [0.4, 0.5) is 11.4 Å². The number of carbonyl (C=O) groups excluding carboxylic acids is 2. The van der Waals surface area contributed by atoms with Crippen molar-refractivity contribution < 1.29 is 24.6 Å². The molecular formula is C34H35Cl2N7O5. The van der Waals surface area contributed by atoms with Crippen LogP contribution >= 0.6 is 23.2 Å². The van der Waals surface area contributed by atoms with Crippen LogP contribution in [0.15, 0.2) is 60.8 Å². The van der Waals surface area contributed by atoms with Crippen LogP contribution in [-0.2, 0) is 17.9 Å². The van der Waals surface area contributed by atoms with Gasteiger partial charge >= 0.3 is 5.97 Å². The van der Waals surface area contributed by atoms with Gasteiger partial charge in [-0.2, -0.15) is 5.10 Å². The number of hydrogen-bond acceptors (Lipinski definition) is 8. The van der Waals surface area contributed by atoms with Crippen molar-refractivity contribution >= 4 is 52.4 Å². The van der Waals surface area contributed by atoms with Crippen molar-refractivity contribution in [1.82, 2.24) is 25.0 Å². The minimum absolute atomic E-state index is 0.00815. The summed E-state index contributed by atoms with van der Waals surface area (Å²) in [5, 5.41) is 32.2. The summed E-state index contributed by atoms with van der Waals surface area (Å²) in [6, 6.07) is 15.6. The lowest BCUT2D eigenvalue weighted by atomic mass is 10.0. The molecule has 2 aliphatic rings. The number of benzene rings is 2. The number of carboxylic acid groups (broad SMARTS) is 1. The number of aliphatic hydroxyl groups excluding tert-OH is 1. The van der Waals surface area contributed by atoms with Crippen LogP contribution < -0.4 is 16.0 Å². The highest BCUT2D eigenvalue weighted by Gasteiger charge is 2.36. The van der Waals surface area contributed by atoms with Crippen molar-refractivity contribution in [2.24, 2.45) is 5.92 Å². The molecule has 2 aromatic carbocycles. The monoisotopic (exact) mass is 691 g/mol. The summed E-state index contributed by atoms with van der Waals surface area (Å²) in [5.41, 5.74) is 4.08. The molecule has 0 radical (unpaired) electrons. The Hall–Kier alpha value is -4.33. The number of nitrogens with zero attached hydrogens (tertiary/aromatic N) is 4. The minimum atomic E-state index is -0.776. The van der Waals surface area contributed by atoms with E-state index < -0.39 is 17.8 Å². The first-order chi connectivity index (χ1) is 23.2. The maximum Gasteiger partial charge on any atom is 0.307 e. The lowest BCUT2D eigenvalue weighted by Crippen LogP contribution is -2.32. The molecular weight excluding hydrogens is 657 g/mol. The molecule has 5 N–H and O–H groups in total. The molecule has 250 valence electrons. The maximum absolute atomic E-state index is 13.4. The largest absolute Gasteiger partial charge is 0.481 e. The summed E-state index contributed by atoms with van der Waals surface area (Å²) >= 11 is 13.6. The van der Waals surface area contributed by atoms with Crippen molar-refractivity contribution in [2.75, 3.05) is 36.9 Å². The van der Waals surface area contributed by atoms with E-state index in [2.05, 4.69) is 30.9 Å². The zero-order chi connectivity index (χ0) is 33.8. The van der Waals surface area contributed by atoms with Gasteiger partial charge in [0.1, 0.15) is 5.69 Å². The van der Waals surface area contributed by atoms with Gasteiger partial charge in [0.2, 0.25) is 0 Å². The fraction of sp³-hybridized carbons (Fsp3) is 0.324. The molecule has 14 heteroatoms. The molecule has 2 amide bonds. The molecule has 0 spiro atoms. The molecule has 0 saturated carbocycles. The predicted octanol–water partition coefficient (Wildman–Crippen LogP) is 5.08. The Morgan fingerprint density at radius 1 is 0.896 bits per heavy atom. The molecule has 2 aliphatic heterocycles. The van der Waals surface area contributed by atoms with E-state index >= 15 is 0 Å². The van der Waals surface area contributed by atoms with Crippen LogP contribution in [-0.4, -0.2) is 73.9 Å². The molecule has 48 heavy (non-hydrogen) atoms. The summed E-state index contributed by atoms with van der Waals surface area (Å²) in [7, 11) is 0. The van der Waals surface area contributed by atoms with Crippen LogP contribution in [0.5, 0.6) is 0 Å². The Morgan fingerprint density at radius 3 is 2.19 bits per heavy atom. The number of aryl methyl sites for hydroxylation is 1. The lowest BCUT2D eigenvalue weighted by molar-refractivity contribution is -0.141. The Kier molecular flexibility index (Phi) is 10.4. The number of pyridine rings is 1. The van der Waals surface area contributed by atoms with Gasteiger partial charge in [0.15, 0.2) is 5.69 Å². The molecule has 1 fully saturated rings. The van der Waals surface area contributed by atoms with Crippen LogP contribution in [0.3, 0.4) is 0 Å². The average molecular weight is 693 g/mol. The summed E-state index contributed by atoms with van der Waals surface area (Å²) < 4.78 is 1.84. The number of likely N-dealkylation sites (tertiary alicyclic amines) is 1. The van der Waals surface area contributed by atoms with Crippen molar-refractivity contribution in [2.45, 2.75) is 38.4 Å². The number of aromatic nitrogens is 3. The summed E-state index contributed by atoms with van der Waals surface area (Å²) in [4.78, 5) is 44.4. The van der Waals surface area contributed by atoms with E-state index in [0.717, 1.165) is 24.1 Å². The normalized spacial score (nSPS) is 17.6. The first-order valence-corrected chi connectivity index (χ1v) is 16.5. The van der Waals surface area contributed by atoms with Gasteiger partial charge in [-0.1, -0.05) is 53.5 Å². The number of fused-ring (bicyclic) bond motifs is 1. The molecule has 6 rings (SSSR count). The van der Waals surface area contributed by atoms with Crippen LogP contribution in [0, 0.1) is 5.92 Å². The van der Waals surface area contributed by atoms with E-state index in [9.17, 15) is 19.5 Å². The number of anilines is 2. The number of carboxylic acids is 1. The number of nitrogens with one attached hydrogen (secondary N) is 3. The van der Waals surface area contributed by atoms with Gasteiger partial charge in [-0.25, -0.2) is 0 Å². The number of hydrogen-bond donors (Lipinski definition) is 5. The topological polar surface area (TPSA) is 162 Å². The SMILES string of the molecule is O=C(Nc1cccc(-c2cccc(NC(=O)c3cc4n(n3)CCCC4N3CC[C@@H](C(=O)O)C3)c2Cl)c1Cl)c1ccc(CNCCO)cn1. The van der Waals surface area contributed by atoms with E-state index in [1.54, 1.807) is 60.8 Å². The van der Waals surface area contributed by atoms with Gasteiger partial charge in [-0.15, -0.1) is 0 Å². The van der Waals surface area contributed by atoms with Crippen LogP contribution in [0.2, 0.25) is 10.0 Å². The highest BCUT2D eigenvalue weighted by molar-refractivity contribution is 6.40. The van der Waals surface area contributed by atoms with Crippen LogP contribution in [0.25, 0.3) is 11.1 Å². The number of halogens is 2. The quantitative estimate of drug-likeness (QED) is 0.135. The van der Waals surface area contributed by atoms with Gasteiger partial charge in [-0.3, -0.25) is 28.9 Å². The smallest absolute Gasteiger partial charge is 0.307 e. The zero-order valence-electron chi connectivity index (χ0n) is 26.0. The van der Waals surface area contributed by atoms with E-state index in [1.807, 2.05) is 4.68 Å². The van der Waals surface area contributed by atoms with E-state index in [0.29, 0.717) is 61.6 Å². The third kappa shape index (κ3) is 7.23. The number of aliphatic hydroxyl groups is 1. The fourth-order valence-corrected chi connectivity index (χ4v) is 6.78. The summed E-state index contributed by atoms with van der Waals surface area (Å²) in [6.07, 6.45) is 3.96. The second-order valence-corrected chi connectivity index (χ2v) is 12.6. The van der Waals surface area contributed by atoms with Crippen LogP contribution in [0.1, 0.15) is 57.5 Å². The summed E-state index contributed by atoms with van der Waals surface area (Å²) in [5.74, 6) is -2.02.